The average molecular weight is 319 g/mol. The van der Waals surface area contributed by atoms with Crippen LogP contribution in [0.4, 0.5) is 0 Å². The van der Waals surface area contributed by atoms with E-state index in [1.165, 1.54) is 6.42 Å². The van der Waals surface area contributed by atoms with Crippen molar-refractivity contribution in [3.05, 3.63) is 0 Å². The van der Waals surface area contributed by atoms with Gasteiger partial charge in [-0.2, -0.15) is 0 Å². The van der Waals surface area contributed by atoms with Crippen molar-refractivity contribution in [3.63, 3.8) is 0 Å². The van der Waals surface area contributed by atoms with Gasteiger partial charge >= 0.3 is 0 Å². The molecule has 0 aromatic heterocycles. The SMILES string of the molecule is CCCC(C)(CNC(C)(C)C)CN1CCCS(=O)(=O)CC1. The van der Waals surface area contributed by atoms with Gasteiger partial charge in [0.2, 0.25) is 0 Å². The molecule has 126 valence electrons. The summed E-state index contributed by atoms with van der Waals surface area (Å²) in [5.74, 6) is 0.677. The molecule has 0 amide bonds. The molecule has 0 radical (unpaired) electrons. The second-order valence-electron chi connectivity index (χ2n) is 7.95. The predicted molar refractivity (Wildman–Crippen MR) is 90.5 cm³/mol. The monoisotopic (exact) mass is 318 g/mol. The van der Waals surface area contributed by atoms with Crippen molar-refractivity contribution >= 4 is 9.84 Å². The maximum atomic E-state index is 11.7. The van der Waals surface area contributed by atoms with Gasteiger partial charge in [-0.25, -0.2) is 8.42 Å². The first-order valence-electron chi connectivity index (χ1n) is 8.23. The molecule has 21 heavy (non-hydrogen) atoms. The Morgan fingerprint density at radius 3 is 2.33 bits per heavy atom. The molecule has 5 heteroatoms. The Morgan fingerprint density at radius 1 is 1.10 bits per heavy atom. The Kier molecular flexibility index (Phi) is 6.69. The Morgan fingerprint density at radius 2 is 1.76 bits per heavy atom. The highest BCUT2D eigenvalue weighted by Gasteiger charge is 2.29. The van der Waals surface area contributed by atoms with Crippen molar-refractivity contribution in [2.24, 2.45) is 5.41 Å². The van der Waals surface area contributed by atoms with Gasteiger partial charge < -0.3 is 10.2 Å². The fourth-order valence-corrected chi connectivity index (χ4v) is 4.30. The van der Waals surface area contributed by atoms with Crippen LogP contribution in [0.3, 0.4) is 0 Å². The summed E-state index contributed by atoms with van der Waals surface area (Å²) in [5, 5.41) is 3.62. The van der Waals surface area contributed by atoms with E-state index in [0.717, 1.165) is 32.5 Å². The smallest absolute Gasteiger partial charge is 0.151 e. The maximum absolute atomic E-state index is 11.7. The van der Waals surface area contributed by atoms with Gasteiger partial charge in [0, 0.05) is 25.2 Å². The molecule has 0 bridgehead atoms. The molecule has 0 aromatic rings. The van der Waals surface area contributed by atoms with Crippen molar-refractivity contribution in [3.8, 4) is 0 Å². The highest BCUT2D eigenvalue weighted by molar-refractivity contribution is 7.91. The van der Waals surface area contributed by atoms with Gasteiger partial charge in [-0.3, -0.25) is 0 Å². The second kappa shape index (κ2) is 7.42. The predicted octanol–water partition coefficient (Wildman–Crippen LogP) is 2.30. The summed E-state index contributed by atoms with van der Waals surface area (Å²) in [6.07, 6.45) is 3.10. The Hall–Kier alpha value is -0.130. The van der Waals surface area contributed by atoms with Crippen LogP contribution in [-0.2, 0) is 9.84 Å². The minimum atomic E-state index is -2.81. The van der Waals surface area contributed by atoms with Crippen LogP contribution in [0, 0.1) is 5.41 Å². The van der Waals surface area contributed by atoms with E-state index >= 15 is 0 Å². The lowest BCUT2D eigenvalue weighted by molar-refractivity contribution is 0.147. The maximum Gasteiger partial charge on any atom is 0.151 e. The average Bonchev–Trinajstić information content (AvgIpc) is 2.48. The van der Waals surface area contributed by atoms with Gasteiger partial charge in [0.15, 0.2) is 9.84 Å². The van der Waals surface area contributed by atoms with E-state index in [1.54, 1.807) is 0 Å². The van der Waals surface area contributed by atoms with Crippen LogP contribution in [0.2, 0.25) is 0 Å². The Balaban J connectivity index is 2.64. The molecule has 1 atom stereocenters. The van der Waals surface area contributed by atoms with E-state index in [9.17, 15) is 8.42 Å². The summed E-state index contributed by atoms with van der Waals surface area (Å²) in [4.78, 5) is 2.35. The van der Waals surface area contributed by atoms with Gasteiger partial charge in [-0.05, 0) is 45.6 Å². The standard InChI is InChI=1S/C16H34N2O2S/c1-6-8-16(5,13-17-15(2,3)4)14-18-9-7-11-21(19,20)12-10-18/h17H,6-14H2,1-5H3. The van der Waals surface area contributed by atoms with Crippen molar-refractivity contribution < 1.29 is 8.42 Å². The number of hydrogen-bond donors (Lipinski definition) is 1. The molecule has 1 unspecified atom stereocenters. The highest BCUT2D eigenvalue weighted by atomic mass is 32.2. The molecule has 0 saturated carbocycles. The minimum absolute atomic E-state index is 0.122. The molecule has 0 spiro atoms. The third-order valence-electron chi connectivity index (χ3n) is 4.15. The lowest BCUT2D eigenvalue weighted by Crippen LogP contribution is -2.48. The third-order valence-corrected chi connectivity index (χ3v) is 5.87. The zero-order valence-electron chi connectivity index (χ0n) is 14.5. The fourth-order valence-electron chi connectivity index (χ4n) is 2.99. The van der Waals surface area contributed by atoms with Crippen molar-refractivity contribution in [2.75, 3.05) is 37.7 Å². The zero-order chi connectivity index (χ0) is 16.1. The summed E-state index contributed by atoms with van der Waals surface area (Å²) < 4.78 is 23.5. The van der Waals surface area contributed by atoms with E-state index in [2.05, 4.69) is 44.8 Å². The summed E-state index contributed by atoms with van der Waals surface area (Å²) >= 11 is 0. The Labute approximate surface area is 131 Å². The van der Waals surface area contributed by atoms with Gasteiger partial charge in [-0.1, -0.05) is 20.3 Å². The molecule has 1 aliphatic heterocycles. The van der Waals surface area contributed by atoms with Crippen LogP contribution >= 0.6 is 0 Å². The van der Waals surface area contributed by atoms with Gasteiger partial charge in [0.1, 0.15) is 0 Å². The number of rotatable bonds is 6. The second-order valence-corrected chi connectivity index (χ2v) is 10.2. The van der Waals surface area contributed by atoms with Crippen LogP contribution in [0.25, 0.3) is 0 Å². The molecular weight excluding hydrogens is 284 g/mol. The first-order chi connectivity index (χ1) is 9.55. The quantitative estimate of drug-likeness (QED) is 0.816. The van der Waals surface area contributed by atoms with Crippen LogP contribution in [0.15, 0.2) is 0 Å². The van der Waals surface area contributed by atoms with Gasteiger partial charge in [0.05, 0.1) is 11.5 Å². The van der Waals surface area contributed by atoms with Crippen LogP contribution < -0.4 is 5.32 Å². The number of nitrogens with zero attached hydrogens (tertiary/aromatic N) is 1. The van der Waals surface area contributed by atoms with E-state index in [1.807, 2.05) is 0 Å². The summed E-state index contributed by atoms with van der Waals surface area (Å²) in [5.41, 5.74) is 0.327. The largest absolute Gasteiger partial charge is 0.311 e. The highest BCUT2D eigenvalue weighted by Crippen LogP contribution is 2.25. The first kappa shape index (κ1) is 18.9. The molecule has 0 aliphatic carbocycles. The van der Waals surface area contributed by atoms with Gasteiger partial charge in [-0.15, -0.1) is 0 Å². The van der Waals surface area contributed by atoms with Crippen molar-refractivity contribution in [1.29, 1.82) is 0 Å². The van der Waals surface area contributed by atoms with Crippen LogP contribution in [-0.4, -0.2) is 56.5 Å². The molecule has 1 saturated heterocycles. The lowest BCUT2D eigenvalue weighted by Gasteiger charge is -2.37. The van der Waals surface area contributed by atoms with Crippen molar-refractivity contribution in [2.45, 2.75) is 59.4 Å². The van der Waals surface area contributed by atoms with Crippen LogP contribution in [0.5, 0.6) is 0 Å². The van der Waals surface area contributed by atoms with E-state index < -0.39 is 9.84 Å². The normalized spacial score (nSPS) is 23.5. The van der Waals surface area contributed by atoms with E-state index in [4.69, 9.17) is 0 Å². The molecule has 1 rings (SSSR count). The Bertz CT molecular complexity index is 414. The summed E-state index contributed by atoms with van der Waals surface area (Å²) in [7, 11) is -2.81. The molecule has 1 fully saturated rings. The van der Waals surface area contributed by atoms with E-state index in [0.29, 0.717) is 18.1 Å². The summed E-state index contributed by atoms with van der Waals surface area (Å²) in [6.45, 7) is 14.7. The van der Waals surface area contributed by atoms with Gasteiger partial charge in [0.25, 0.3) is 0 Å². The first-order valence-corrected chi connectivity index (χ1v) is 10.1. The van der Waals surface area contributed by atoms with Crippen LogP contribution in [0.1, 0.15) is 53.9 Å². The van der Waals surface area contributed by atoms with E-state index in [-0.39, 0.29) is 11.0 Å². The molecular formula is C16H34N2O2S. The topological polar surface area (TPSA) is 49.4 Å². The zero-order valence-corrected chi connectivity index (χ0v) is 15.4. The number of nitrogens with one attached hydrogen (secondary N) is 1. The number of sulfone groups is 1. The number of hydrogen-bond acceptors (Lipinski definition) is 4. The molecule has 4 nitrogen and oxygen atoms in total. The molecule has 1 N–H and O–H groups in total. The lowest BCUT2D eigenvalue weighted by atomic mass is 9.84. The van der Waals surface area contributed by atoms with Crippen molar-refractivity contribution in [1.82, 2.24) is 10.2 Å². The molecule has 1 aliphatic rings. The minimum Gasteiger partial charge on any atom is -0.311 e. The summed E-state index contributed by atoms with van der Waals surface area (Å²) in [6, 6.07) is 0. The molecule has 1 heterocycles. The molecule has 0 aromatic carbocycles. The third kappa shape index (κ3) is 7.61. The fraction of sp³-hybridized carbons (Fsp3) is 1.00.